The molecule has 0 heterocycles. The number of ether oxygens (including phenoxy) is 3. The van der Waals surface area contributed by atoms with Crippen LogP contribution in [-0.4, -0.2) is 37.2 Å². The molecule has 0 fully saturated rings. The number of carbonyl (C=O) groups is 3. The van der Waals surface area contributed by atoms with Gasteiger partial charge in [0.25, 0.3) is 0 Å². The highest BCUT2D eigenvalue weighted by molar-refractivity contribution is 5.71. The lowest BCUT2D eigenvalue weighted by Crippen LogP contribution is -2.30. The first-order chi connectivity index (χ1) is 40.0. The average Bonchev–Trinajstić information content (AvgIpc) is 3.47. The zero-order chi connectivity index (χ0) is 58.5. The van der Waals surface area contributed by atoms with Gasteiger partial charge in [0.2, 0.25) is 0 Å². The Bertz CT molecular complexity index is 1670. The monoisotopic (exact) mass is 1120 g/mol. The topological polar surface area (TPSA) is 78.9 Å². The summed E-state index contributed by atoms with van der Waals surface area (Å²) in [6.45, 7) is 6.41. The summed E-state index contributed by atoms with van der Waals surface area (Å²) in [5.74, 6) is -0.903. The van der Waals surface area contributed by atoms with Crippen molar-refractivity contribution in [2.75, 3.05) is 13.2 Å². The molecule has 0 saturated carbocycles. The van der Waals surface area contributed by atoms with Crippen molar-refractivity contribution in [2.45, 2.75) is 322 Å². The van der Waals surface area contributed by atoms with Gasteiger partial charge in [0.05, 0.1) is 0 Å². The van der Waals surface area contributed by atoms with E-state index >= 15 is 0 Å². The standard InChI is InChI=1S/C75H126O6/c1-4-7-10-13-16-19-22-24-26-28-30-32-34-35-36-37-38-39-41-42-44-46-48-50-53-56-59-62-65-68-74(77)80-71-72(70-79-73(76)67-64-61-58-55-52-21-18-15-12-9-6-3)81-75(78)69-66-63-60-57-54-51-49-47-45-43-40-33-31-29-27-25-23-20-17-14-11-8-5-2/h7-8,10-11,16-17,19-20,24-27,30-33,43,45,49,51,72H,4-6,9,12-15,18,21-23,28-29,34-42,44,46-48,50,52-71H2,1-3H3/b10-7-,11-8-,19-16-,20-17-,26-24-,27-25-,32-30-,33-31-,45-43-,51-49-. The summed E-state index contributed by atoms with van der Waals surface area (Å²) < 4.78 is 16.9. The molecule has 0 spiro atoms. The molecule has 462 valence electrons. The van der Waals surface area contributed by atoms with Gasteiger partial charge in [-0.25, -0.2) is 0 Å². The number of unbranched alkanes of at least 4 members (excludes halogenated alkanes) is 30. The van der Waals surface area contributed by atoms with Crippen molar-refractivity contribution in [3.8, 4) is 0 Å². The van der Waals surface area contributed by atoms with Crippen LogP contribution in [0.4, 0.5) is 0 Å². The van der Waals surface area contributed by atoms with Gasteiger partial charge >= 0.3 is 17.9 Å². The molecule has 6 heteroatoms. The van der Waals surface area contributed by atoms with E-state index in [9.17, 15) is 14.4 Å². The van der Waals surface area contributed by atoms with Crippen molar-refractivity contribution in [1.82, 2.24) is 0 Å². The summed E-state index contributed by atoms with van der Waals surface area (Å²) >= 11 is 0. The lowest BCUT2D eigenvalue weighted by Gasteiger charge is -2.18. The van der Waals surface area contributed by atoms with Crippen LogP contribution in [0.1, 0.15) is 316 Å². The summed E-state index contributed by atoms with van der Waals surface area (Å²) in [5, 5.41) is 0. The van der Waals surface area contributed by atoms with E-state index in [1.165, 1.54) is 141 Å². The molecule has 0 aliphatic rings. The Morgan fingerprint density at radius 3 is 0.753 bits per heavy atom. The molecule has 6 nitrogen and oxygen atoms in total. The summed E-state index contributed by atoms with van der Waals surface area (Å²) in [6, 6.07) is 0. The molecule has 0 aliphatic heterocycles. The molecule has 0 N–H and O–H groups in total. The van der Waals surface area contributed by atoms with Crippen molar-refractivity contribution >= 4 is 17.9 Å². The van der Waals surface area contributed by atoms with Gasteiger partial charge in [0.1, 0.15) is 13.2 Å². The van der Waals surface area contributed by atoms with Gasteiger partial charge in [0.15, 0.2) is 6.10 Å². The Morgan fingerprint density at radius 2 is 0.481 bits per heavy atom. The molecule has 0 aromatic rings. The lowest BCUT2D eigenvalue weighted by molar-refractivity contribution is -0.167. The van der Waals surface area contributed by atoms with Crippen molar-refractivity contribution < 1.29 is 28.6 Å². The van der Waals surface area contributed by atoms with E-state index in [2.05, 4.69) is 142 Å². The Morgan fingerprint density at radius 1 is 0.259 bits per heavy atom. The number of hydrogen-bond donors (Lipinski definition) is 0. The number of hydrogen-bond acceptors (Lipinski definition) is 6. The molecule has 0 amide bonds. The van der Waals surface area contributed by atoms with Crippen molar-refractivity contribution in [3.63, 3.8) is 0 Å². The molecule has 0 rings (SSSR count). The zero-order valence-corrected chi connectivity index (χ0v) is 53.0. The largest absolute Gasteiger partial charge is 0.462 e. The Hall–Kier alpha value is -4.19. The van der Waals surface area contributed by atoms with Crippen LogP contribution >= 0.6 is 0 Å². The third-order valence-corrected chi connectivity index (χ3v) is 14.5. The SMILES string of the molecule is CC/C=C\C/C=C\C/C=C\C/C=C\C/C=C\C/C=C\CCCCCCC(=O)OC(COC(=O)CCCCCCCCCCCCC)COC(=O)CCCCCCCCCCCCCCCCCC/C=C\C/C=C\C/C=C\C/C=C\CC. The van der Waals surface area contributed by atoms with Crippen molar-refractivity contribution in [3.05, 3.63) is 122 Å². The maximum atomic E-state index is 12.9. The Labute approximate surface area is 501 Å². The highest BCUT2D eigenvalue weighted by Crippen LogP contribution is 2.17. The van der Waals surface area contributed by atoms with Crippen LogP contribution in [-0.2, 0) is 28.6 Å². The minimum Gasteiger partial charge on any atom is -0.462 e. The molecule has 0 aromatic heterocycles. The number of allylic oxidation sites excluding steroid dienone is 20. The Kier molecular flexibility index (Phi) is 64.8. The van der Waals surface area contributed by atoms with Gasteiger partial charge in [-0.3, -0.25) is 14.4 Å². The van der Waals surface area contributed by atoms with E-state index < -0.39 is 6.10 Å². The summed E-state index contributed by atoms with van der Waals surface area (Å²) in [4.78, 5) is 38.3. The van der Waals surface area contributed by atoms with Crippen LogP contribution in [0.3, 0.4) is 0 Å². The predicted molar refractivity (Wildman–Crippen MR) is 353 cm³/mol. The lowest BCUT2D eigenvalue weighted by atomic mass is 10.0. The quantitative estimate of drug-likeness (QED) is 0.0261. The second-order valence-corrected chi connectivity index (χ2v) is 22.3. The van der Waals surface area contributed by atoms with Gasteiger partial charge in [-0.05, 0) is 109 Å². The van der Waals surface area contributed by atoms with Crippen LogP contribution in [0.2, 0.25) is 0 Å². The van der Waals surface area contributed by atoms with E-state index in [1.54, 1.807) is 0 Å². The predicted octanol–water partition coefficient (Wildman–Crippen LogP) is 23.6. The van der Waals surface area contributed by atoms with Crippen molar-refractivity contribution in [2.24, 2.45) is 0 Å². The smallest absolute Gasteiger partial charge is 0.306 e. The third-order valence-electron chi connectivity index (χ3n) is 14.5. The summed E-state index contributed by atoms with van der Waals surface area (Å²) in [7, 11) is 0. The second-order valence-electron chi connectivity index (χ2n) is 22.3. The maximum Gasteiger partial charge on any atom is 0.306 e. The van der Waals surface area contributed by atoms with Crippen LogP contribution in [0.25, 0.3) is 0 Å². The fourth-order valence-electron chi connectivity index (χ4n) is 9.44. The van der Waals surface area contributed by atoms with Gasteiger partial charge in [-0.15, -0.1) is 0 Å². The fourth-order valence-corrected chi connectivity index (χ4v) is 9.44. The van der Waals surface area contributed by atoms with E-state index in [0.29, 0.717) is 19.3 Å². The van der Waals surface area contributed by atoms with Gasteiger partial charge in [0, 0.05) is 19.3 Å². The highest BCUT2D eigenvalue weighted by atomic mass is 16.6. The molecule has 0 saturated heterocycles. The molecular formula is C75H126O6. The first-order valence-corrected chi connectivity index (χ1v) is 34.0. The highest BCUT2D eigenvalue weighted by Gasteiger charge is 2.19. The van der Waals surface area contributed by atoms with E-state index in [4.69, 9.17) is 14.2 Å². The van der Waals surface area contributed by atoms with Crippen molar-refractivity contribution in [1.29, 1.82) is 0 Å². The second kappa shape index (κ2) is 68.3. The normalized spacial score (nSPS) is 12.9. The molecule has 1 unspecified atom stereocenters. The molecule has 0 aromatic carbocycles. The first kappa shape index (κ1) is 76.8. The molecule has 81 heavy (non-hydrogen) atoms. The maximum absolute atomic E-state index is 12.9. The number of carbonyl (C=O) groups excluding carboxylic acids is 3. The molecule has 0 aliphatic carbocycles. The van der Waals surface area contributed by atoms with Crippen LogP contribution in [0.15, 0.2) is 122 Å². The average molecular weight is 1120 g/mol. The zero-order valence-electron chi connectivity index (χ0n) is 53.0. The third kappa shape index (κ3) is 66.5. The summed E-state index contributed by atoms with van der Waals surface area (Å²) in [6.07, 6.45) is 95.1. The fraction of sp³-hybridized carbons (Fsp3) is 0.693. The van der Waals surface area contributed by atoms with Crippen LogP contribution in [0.5, 0.6) is 0 Å². The minimum absolute atomic E-state index is 0.0869. The van der Waals surface area contributed by atoms with Crippen LogP contribution in [0, 0.1) is 0 Å². The Balaban J connectivity index is 4.27. The first-order valence-electron chi connectivity index (χ1n) is 34.0. The van der Waals surface area contributed by atoms with Gasteiger partial charge < -0.3 is 14.2 Å². The van der Waals surface area contributed by atoms with Crippen LogP contribution < -0.4 is 0 Å². The van der Waals surface area contributed by atoms with E-state index in [1.807, 2.05) is 0 Å². The molecular weight excluding hydrogens is 997 g/mol. The number of esters is 3. The van der Waals surface area contributed by atoms with Gasteiger partial charge in [-0.2, -0.15) is 0 Å². The molecule has 0 radical (unpaired) electrons. The van der Waals surface area contributed by atoms with E-state index in [-0.39, 0.29) is 31.1 Å². The molecule has 1 atom stereocenters. The minimum atomic E-state index is -0.793. The number of rotatable bonds is 61. The summed E-state index contributed by atoms with van der Waals surface area (Å²) in [5.41, 5.74) is 0. The molecule has 0 bridgehead atoms. The van der Waals surface area contributed by atoms with Gasteiger partial charge in [-0.1, -0.05) is 309 Å². The van der Waals surface area contributed by atoms with E-state index in [0.717, 1.165) is 135 Å².